The van der Waals surface area contributed by atoms with Gasteiger partial charge in [0.25, 0.3) is 5.56 Å². The van der Waals surface area contributed by atoms with Crippen LogP contribution in [0, 0.1) is 11.3 Å². The lowest BCUT2D eigenvalue weighted by Gasteiger charge is -2.08. The van der Waals surface area contributed by atoms with E-state index in [9.17, 15) is 9.59 Å². The number of nitriles is 1. The van der Waals surface area contributed by atoms with Crippen molar-refractivity contribution in [2.24, 2.45) is 0 Å². The molecule has 0 radical (unpaired) electrons. The van der Waals surface area contributed by atoms with E-state index in [4.69, 9.17) is 14.7 Å². The summed E-state index contributed by atoms with van der Waals surface area (Å²) in [5.74, 6) is -0.201. The number of rotatable bonds is 4. The summed E-state index contributed by atoms with van der Waals surface area (Å²) < 4.78 is 11.4. The van der Waals surface area contributed by atoms with Gasteiger partial charge in [-0.3, -0.25) is 9.89 Å². The molecule has 1 N–H and O–H groups in total. The summed E-state index contributed by atoms with van der Waals surface area (Å²) in [5.41, 5.74) is 0.541. The summed E-state index contributed by atoms with van der Waals surface area (Å²) in [5, 5.41) is 11.6. The lowest BCUT2D eigenvalue weighted by Crippen LogP contribution is -2.17. The van der Waals surface area contributed by atoms with Crippen molar-refractivity contribution < 1.29 is 14.3 Å². The van der Waals surface area contributed by atoms with Crippen molar-refractivity contribution in [3.05, 3.63) is 63.7 Å². The van der Waals surface area contributed by atoms with E-state index in [-0.39, 0.29) is 29.1 Å². The van der Waals surface area contributed by atoms with Crippen molar-refractivity contribution >= 4 is 11.6 Å². The summed E-state index contributed by atoms with van der Waals surface area (Å²) in [6.45, 7) is -0.196. The summed E-state index contributed by atoms with van der Waals surface area (Å²) >= 11 is 0. The number of aromatic amines is 1. The second kappa shape index (κ2) is 6.26. The van der Waals surface area contributed by atoms with Crippen LogP contribution in [0.15, 0.2) is 41.3 Å². The van der Waals surface area contributed by atoms with Crippen LogP contribution in [0.4, 0.5) is 0 Å². The summed E-state index contributed by atoms with van der Waals surface area (Å²) in [7, 11) is 1.46. The minimum atomic E-state index is -0.593. The molecule has 0 bridgehead atoms. The van der Waals surface area contributed by atoms with Crippen LogP contribution in [-0.4, -0.2) is 27.7 Å². The summed E-state index contributed by atoms with van der Waals surface area (Å²) in [6, 6.07) is 9.82. The highest BCUT2D eigenvalue weighted by atomic mass is 16.5. The number of esters is 1. The van der Waals surface area contributed by atoms with Gasteiger partial charge in [0.05, 0.1) is 12.8 Å². The average molecular weight is 324 g/mol. The Hall–Kier alpha value is -3.60. The molecule has 0 fully saturated rings. The number of hydrogen-bond acceptors (Lipinski definition) is 6. The van der Waals surface area contributed by atoms with Gasteiger partial charge in [-0.1, -0.05) is 12.1 Å². The van der Waals surface area contributed by atoms with Crippen molar-refractivity contribution in [3.8, 4) is 11.8 Å². The van der Waals surface area contributed by atoms with Gasteiger partial charge in [0.2, 0.25) is 0 Å². The zero-order valence-electron chi connectivity index (χ0n) is 12.6. The zero-order valence-corrected chi connectivity index (χ0v) is 12.6. The number of hydrogen-bond donors (Lipinski definition) is 1. The van der Waals surface area contributed by atoms with Crippen LogP contribution in [0.25, 0.3) is 5.65 Å². The number of ether oxygens (including phenoxy) is 2. The second-order valence-electron chi connectivity index (χ2n) is 4.82. The van der Waals surface area contributed by atoms with Crippen LogP contribution >= 0.6 is 0 Å². The maximum absolute atomic E-state index is 12.1. The monoisotopic (exact) mass is 324 g/mol. The van der Waals surface area contributed by atoms with E-state index in [2.05, 4.69) is 10.1 Å². The molecule has 0 saturated heterocycles. The Morgan fingerprint density at radius 3 is 2.96 bits per heavy atom. The Balaban J connectivity index is 1.84. The van der Waals surface area contributed by atoms with Crippen LogP contribution in [-0.2, 0) is 11.3 Å². The van der Waals surface area contributed by atoms with E-state index in [0.29, 0.717) is 5.75 Å². The third-order valence-corrected chi connectivity index (χ3v) is 3.35. The fraction of sp³-hybridized carbons (Fsp3) is 0.125. The van der Waals surface area contributed by atoms with Gasteiger partial charge in [0.1, 0.15) is 29.6 Å². The SMILES string of the molecule is COc1ccccc1C(=O)OCc1cc(=O)n2[nH]cc(C#N)c2n1. The fourth-order valence-electron chi connectivity index (χ4n) is 2.22. The predicted molar refractivity (Wildman–Crippen MR) is 82.6 cm³/mol. The number of carbonyl (C=O) groups excluding carboxylic acids is 1. The van der Waals surface area contributed by atoms with E-state index in [1.165, 1.54) is 19.4 Å². The number of fused-ring (bicyclic) bond motifs is 1. The molecule has 3 aromatic rings. The highest BCUT2D eigenvalue weighted by molar-refractivity contribution is 5.92. The molecule has 8 heteroatoms. The largest absolute Gasteiger partial charge is 0.496 e. The summed E-state index contributed by atoms with van der Waals surface area (Å²) in [6.07, 6.45) is 1.38. The molecule has 0 spiro atoms. The Bertz CT molecular complexity index is 1010. The third kappa shape index (κ3) is 2.70. The Morgan fingerprint density at radius 1 is 1.42 bits per heavy atom. The van der Waals surface area contributed by atoms with E-state index < -0.39 is 11.5 Å². The lowest BCUT2D eigenvalue weighted by molar-refractivity contribution is 0.0464. The number of benzene rings is 1. The van der Waals surface area contributed by atoms with Crippen molar-refractivity contribution in [3.63, 3.8) is 0 Å². The molecule has 24 heavy (non-hydrogen) atoms. The van der Waals surface area contributed by atoms with Crippen molar-refractivity contribution in [2.45, 2.75) is 6.61 Å². The van der Waals surface area contributed by atoms with Gasteiger partial charge in [0, 0.05) is 12.3 Å². The molecule has 2 aromatic heterocycles. The van der Waals surface area contributed by atoms with Gasteiger partial charge >= 0.3 is 5.97 Å². The molecule has 0 aliphatic carbocycles. The molecule has 0 atom stereocenters. The summed E-state index contributed by atoms with van der Waals surface area (Å²) in [4.78, 5) is 28.3. The molecule has 120 valence electrons. The number of para-hydroxylation sites is 1. The number of carbonyl (C=O) groups is 1. The second-order valence-corrected chi connectivity index (χ2v) is 4.82. The minimum Gasteiger partial charge on any atom is -0.496 e. The molecule has 1 aromatic carbocycles. The van der Waals surface area contributed by atoms with Crippen LogP contribution in [0.3, 0.4) is 0 Å². The highest BCUT2D eigenvalue weighted by Crippen LogP contribution is 2.18. The van der Waals surface area contributed by atoms with E-state index in [1.807, 2.05) is 6.07 Å². The van der Waals surface area contributed by atoms with Gasteiger partial charge < -0.3 is 9.47 Å². The van der Waals surface area contributed by atoms with Crippen molar-refractivity contribution in [1.82, 2.24) is 14.6 Å². The normalized spacial score (nSPS) is 10.3. The molecule has 0 amide bonds. The van der Waals surface area contributed by atoms with Crippen LogP contribution in [0.5, 0.6) is 5.75 Å². The maximum atomic E-state index is 12.1. The lowest BCUT2D eigenvalue weighted by atomic mass is 10.2. The van der Waals surface area contributed by atoms with Crippen LogP contribution in [0.1, 0.15) is 21.6 Å². The quantitative estimate of drug-likeness (QED) is 0.724. The Labute approximate surface area is 135 Å². The number of nitrogens with zero attached hydrogens (tertiary/aromatic N) is 3. The molecule has 3 rings (SSSR count). The molecule has 0 aliphatic rings. The molecular formula is C16H12N4O4. The predicted octanol–water partition coefficient (Wildman–Crippen LogP) is 1.26. The van der Waals surface area contributed by atoms with Crippen molar-refractivity contribution in [2.75, 3.05) is 7.11 Å². The average Bonchev–Trinajstić information content (AvgIpc) is 3.03. The van der Waals surface area contributed by atoms with Gasteiger partial charge in [-0.05, 0) is 12.1 Å². The first-order chi connectivity index (χ1) is 11.6. The molecule has 8 nitrogen and oxygen atoms in total. The molecular weight excluding hydrogens is 312 g/mol. The smallest absolute Gasteiger partial charge is 0.342 e. The fourth-order valence-corrected chi connectivity index (χ4v) is 2.22. The topological polar surface area (TPSA) is 109 Å². The Morgan fingerprint density at radius 2 is 2.21 bits per heavy atom. The maximum Gasteiger partial charge on any atom is 0.342 e. The van der Waals surface area contributed by atoms with Gasteiger partial charge in [-0.2, -0.15) is 5.26 Å². The first-order valence-electron chi connectivity index (χ1n) is 6.94. The standard InChI is InChI=1S/C16H12N4O4/c1-23-13-5-3-2-4-12(13)16(22)24-9-11-6-14(21)20-15(19-11)10(7-17)8-18-20/h2-6,8,18H,9H2,1H3. The van der Waals surface area contributed by atoms with Crippen molar-refractivity contribution in [1.29, 1.82) is 5.26 Å². The highest BCUT2D eigenvalue weighted by Gasteiger charge is 2.14. The van der Waals surface area contributed by atoms with Gasteiger partial charge in [0.15, 0.2) is 5.65 Å². The number of nitrogens with one attached hydrogen (secondary N) is 1. The number of H-pyrrole nitrogens is 1. The minimum absolute atomic E-state index is 0.188. The first kappa shape index (κ1) is 15.3. The molecule has 0 saturated carbocycles. The number of aromatic nitrogens is 3. The molecule has 2 heterocycles. The third-order valence-electron chi connectivity index (χ3n) is 3.35. The Kier molecular flexibility index (Phi) is 3.99. The van der Waals surface area contributed by atoms with E-state index >= 15 is 0 Å². The van der Waals surface area contributed by atoms with E-state index in [0.717, 1.165) is 4.52 Å². The van der Waals surface area contributed by atoms with Crippen LogP contribution < -0.4 is 10.3 Å². The van der Waals surface area contributed by atoms with Gasteiger partial charge in [-0.15, -0.1) is 0 Å². The molecule has 0 aliphatic heterocycles. The molecule has 0 unspecified atom stereocenters. The zero-order chi connectivity index (χ0) is 17.1. The van der Waals surface area contributed by atoms with Gasteiger partial charge in [-0.25, -0.2) is 14.3 Å². The van der Waals surface area contributed by atoms with E-state index in [1.54, 1.807) is 24.3 Å². The number of methoxy groups -OCH3 is 1. The van der Waals surface area contributed by atoms with Crippen LogP contribution in [0.2, 0.25) is 0 Å². The first-order valence-corrected chi connectivity index (χ1v) is 6.94.